The molecule has 0 atom stereocenters. The molecule has 0 N–H and O–H groups in total. The summed E-state index contributed by atoms with van der Waals surface area (Å²) in [7, 11) is 1.53. The maximum absolute atomic E-state index is 12.3. The molecule has 0 saturated heterocycles. The summed E-state index contributed by atoms with van der Waals surface area (Å²) in [5.74, 6) is 0.531. The Kier molecular flexibility index (Phi) is 5.74. The molecule has 0 fully saturated rings. The van der Waals surface area contributed by atoms with Crippen molar-refractivity contribution >= 4 is 22.5 Å². The van der Waals surface area contributed by atoms with Gasteiger partial charge in [0, 0.05) is 17.7 Å². The Morgan fingerprint density at radius 2 is 2.00 bits per heavy atom. The van der Waals surface area contributed by atoms with Gasteiger partial charge in [-0.05, 0) is 37.3 Å². The number of allylic oxidation sites excluding steroid dienone is 4. The van der Waals surface area contributed by atoms with Gasteiger partial charge in [-0.3, -0.25) is 4.79 Å². The molecule has 5 heteroatoms. The van der Waals surface area contributed by atoms with Gasteiger partial charge < -0.3 is 13.9 Å². The molecular weight excluding hydrogens is 320 g/mol. The Labute approximate surface area is 145 Å². The van der Waals surface area contributed by atoms with E-state index in [0.29, 0.717) is 28.1 Å². The molecule has 0 aliphatic carbocycles. The highest BCUT2D eigenvalue weighted by atomic mass is 16.5. The molecule has 0 radical (unpaired) electrons. The summed E-state index contributed by atoms with van der Waals surface area (Å²) in [5.41, 5.74) is 0.915. The number of hydrogen-bond donors (Lipinski definition) is 0. The Hall–Kier alpha value is -3.34. The van der Waals surface area contributed by atoms with Crippen LogP contribution >= 0.6 is 0 Å². The zero-order valence-corrected chi connectivity index (χ0v) is 14.1. The van der Waals surface area contributed by atoms with Crippen LogP contribution in [0.5, 0.6) is 5.75 Å². The van der Waals surface area contributed by atoms with Crippen molar-refractivity contribution < 1.29 is 18.7 Å². The monoisotopic (exact) mass is 338 g/mol. The van der Waals surface area contributed by atoms with Gasteiger partial charge in [0.05, 0.1) is 12.5 Å². The first-order chi connectivity index (χ1) is 12.0. The van der Waals surface area contributed by atoms with Gasteiger partial charge in [-0.25, -0.2) is 4.79 Å². The number of benzene rings is 1. The fourth-order valence-electron chi connectivity index (χ4n) is 2.11. The highest BCUT2D eigenvalue weighted by Gasteiger charge is 2.08. The van der Waals surface area contributed by atoms with E-state index in [-0.39, 0.29) is 11.2 Å². The molecule has 0 saturated carbocycles. The summed E-state index contributed by atoms with van der Waals surface area (Å²) >= 11 is 0. The smallest absolute Gasteiger partial charge is 0.335 e. The van der Waals surface area contributed by atoms with E-state index in [9.17, 15) is 9.59 Å². The molecule has 0 bridgehead atoms. The molecule has 1 aromatic carbocycles. The van der Waals surface area contributed by atoms with Crippen LogP contribution in [0.15, 0.2) is 76.7 Å². The normalized spacial score (nSPS) is 11.5. The number of hydrogen-bond acceptors (Lipinski definition) is 5. The van der Waals surface area contributed by atoms with E-state index in [1.54, 1.807) is 37.3 Å². The predicted molar refractivity (Wildman–Crippen MR) is 97.3 cm³/mol. The second kappa shape index (κ2) is 7.97. The highest BCUT2D eigenvalue weighted by Crippen LogP contribution is 2.23. The van der Waals surface area contributed by atoms with Crippen molar-refractivity contribution in [2.45, 2.75) is 6.92 Å². The van der Waals surface area contributed by atoms with Crippen molar-refractivity contribution in [1.82, 2.24) is 0 Å². The summed E-state index contributed by atoms with van der Waals surface area (Å²) in [6.45, 7) is 8.73. The van der Waals surface area contributed by atoms with Crippen molar-refractivity contribution in [1.29, 1.82) is 0 Å². The maximum atomic E-state index is 12.3. The second-order valence-corrected chi connectivity index (χ2v) is 5.01. The molecule has 0 spiro atoms. The lowest BCUT2D eigenvalue weighted by Crippen LogP contribution is -2.02. The zero-order chi connectivity index (χ0) is 18.4. The summed E-state index contributed by atoms with van der Waals surface area (Å²) in [5, 5.41) is 0.437. The number of carbonyl (C=O) groups is 1. The van der Waals surface area contributed by atoms with E-state index in [2.05, 4.69) is 13.2 Å². The van der Waals surface area contributed by atoms with Crippen LogP contribution in [0.4, 0.5) is 0 Å². The lowest BCUT2D eigenvalue weighted by molar-refractivity contribution is -0.133. The van der Waals surface area contributed by atoms with E-state index in [1.807, 2.05) is 0 Å². The van der Waals surface area contributed by atoms with Crippen molar-refractivity contribution in [2.24, 2.45) is 0 Å². The van der Waals surface area contributed by atoms with Crippen LogP contribution in [-0.4, -0.2) is 13.1 Å². The quantitative estimate of drug-likeness (QED) is 0.345. The molecular formula is C20H18O5. The average molecular weight is 338 g/mol. The van der Waals surface area contributed by atoms with Crippen LogP contribution in [-0.2, 0) is 9.53 Å². The number of methoxy groups -OCH3 is 1. The van der Waals surface area contributed by atoms with E-state index >= 15 is 0 Å². The van der Waals surface area contributed by atoms with Crippen LogP contribution in [0.3, 0.4) is 0 Å². The minimum Gasteiger partial charge on any atom is -0.497 e. The van der Waals surface area contributed by atoms with Gasteiger partial charge in [-0.1, -0.05) is 19.2 Å². The molecule has 1 aromatic heterocycles. The minimum absolute atomic E-state index is 0.150. The highest BCUT2D eigenvalue weighted by molar-refractivity contribution is 5.83. The first kappa shape index (κ1) is 18.0. The molecule has 25 heavy (non-hydrogen) atoms. The molecule has 0 unspecified atom stereocenters. The lowest BCUT2D eigenvalue weighted by Gasteiger charge is -2.06. The molecule has 0 aliphatic rings. The number of esters is 1. The fourth-order valence-corrected chi connectivity index (χ4v) is 2.11. The molecule has 128 valence electrons. The van der Waals surface area contributed by atoms with Crippen LogP contribution in [0.1, 0.15) is 12.7 Å². The molecule has 0 amide bonds. The Morgan fingerprint density at radius 3 is 2.64 bits per heavy atom. The van der Waals surface area contributed by atoms with Gasteiger partial charge in [0.25, 0.3) is 0 Å². The van der Waals surface area contributed by atoms with Gasteiger partial charge in [0.2, 0.25) is 0 Å². The van der Waals surface area contributed by atoms with Crippen LogP contribution in [0.25, 0.3) is 16.5 Å². The zero-order valence-electron chi connectivity index (χ0n) is 14.1. The van der Waals surface area contributed by atoms with E-state index < -0.39 is 5.97 Å². The Bertz CT molecular complexity index is 944. The van der Waals surface area contributed by atoms with Gasteiger partial charge in [0.15, 0.2) is 5.43 Å². The van der Waals surface area contributed by atoms with E-state index in [0.717, 1.165) is 6.08 Å². The minimum atomic E-state index is -0.595. The van der Waals surface area contributed by atoms with E-state index in [1.165, 1.54) is 19.3 Å². The summed E-state index contributed by atoms with van der Waals surface area (Å²) in [4.78, 5) is 23.5. The predicted octanol–water partition coefficient (Wildman–Crippen LogP) is 4.00. The van der Waals surface area contributed by atoms with Crippen LogP contribution in [0.2, 0.25) is 0 Å². The third-order valence-corrected chi connectivity index (χ3v) is 3.38. The number of fused-ring (bicyclic) bond motifs is 1. The first-order valence-corrected chi connectivity index (χ1v) is 7.48. The summed E-state index contributed by atoms with van der Waals surface area (Å²) < 4.78 is 15.8. The second-order valence-electron chi connectivity index (χ2n) is 5.01. The average Bonchev–Trinajstić information content (AvgIpc) is 2.61. The van der Waals surface area contributed by atoms with Crippen molar-refractivity contribution in [3.8, 4) is 5.75 Å². The third-order valence-electron chi connectivity index (χ3n) is 3.38. The summed E-state index contributed by atoms with van der Waals surface area (Å²) in [6, 6.07) is 6.43. The van der Waals surface area contributed by atoms with Gasteiger partial charge in [-0.2, -0.15) is 0 Å². The van der Waals surface area contributed by atoms with Gasteiger partial charge in [0.1, 0.15) is 22.9 Å². The topological polar surface area (TPSA) is 65.7 Å². The van der Waals surface area contributed by atoms with E-state index in [4.69, 9.17) is 13.9 Å². The Morgan fingerprint density at radius 1 is 1.24 bits per heavy atom. The number of ether oxygens (including phenoxy) is 2. The molecule has 2 rings (SSSR count). The molecule has 2 aromatic rings. The lowest BCUT2D eigenvalue weighted by atomic mass is 10.1. The molecule has 1 heterocycles. The van der Waals surface area contributed by atoms with Gasteiger partial charge in [-0.15, -0.1) is 0 Å². The standard InChI is InChI=1S/C20H18O5/c1-5-14(8-7-13(3)24-20(22)6-2)19-12-17(21)16-11-15(23-4)9-10-18(16)25-19/h5-12H,2-3H2,1,4H3/b8-7-,14-5+. The maximum Gasteiger partial charge on any atom is 0.335 e. The van der Waals surface area contributed by atoms with Crippen molar-refractivity contribution in [3.63, 3.8) is 0 Å². The molecule has 0 aliphatic heterocycles. The Balaban J connectivity index is 2.35. The number of rotatable bonds is 6. The molecule has 5 nitrogen and oxygen atoms in total. The van der Waals surface area contributed by atoms with Crippen LogP contribution < -0.4 is 10.2 Å². The number of carbonyl (C=O) groups excluding carboxylic acids is 1. The van der Waals surface area contributed by atoms with Gasteiger partial charge >= 0.3 is 5.97 Å². The first-order valence-electron chi connectivity index (χ1n) is 7.48. The third kappa shape index (κ3) is 4.35. The van der Waals surface area contributed by atoms with Crippen LogP contribution in [0, 0.1) is 0 Å². The van der Waals surface area contributed by atoms with Crippen molar-refractivity contribution in [2.75, 3.05) is 7.11 Å². The largest absolute Gasteiger partial charge is 0.497 e. The fraction of sp³-hybridized carbons (Fsp3) is 0.100. The summed E-state index contributed by atoms with van der Waals surface area (Å²) in [6.07, 6.45) is 5.97. The SMILES string of the molecule is C=CC(=O)OC(=C)/C=C\C(=C/C)c1cc(=O)c2cc(OC)ccc2o1. The van der Waals surface area contributed by atoms with Crippen molar-refractivity contribution in [3.05, 3.63) is 83.5 Å².